The van der Waals surface area contributed by atoms with Gasteiger partial charge in [-0.25, -0.2) is 19.2 Å². The smallest absolute Gasteiger partial charge is 0.331 e. The Morgan fingerprint density at radius 1 is 0.708 bits per heavy atom. The molecule has 0 aliphatic rings. The van der Waals surface area contributed by atoms with Gasteiger partial charge >= 0.3 is 23.9 Å². The van der Waals surface area contributed by atoms with Crippen molar-refractivity contribution in [3.63, 3.8) is 0 Å². The minimum Gasteiger partial charge on any atom is -0.478 e. The van der Waals surface area contributed by atoms with Gasteiger partial charge in [-0.2, -0.15) is 0 Å². The molecule has 0 spiro atoms. The highest BCUT2D eigenvalue weighted by Gasteiger charge is 1.98. The van der Waals surface area contributed by atoms with Gasteiger partial charge in [0.2, 0.25) is 0 Å². The van der Waals surface area contributed by atoms with E-state index < -0.39 is 23.9 Å². The van der Waals surface area contributed by atoms with Crippen LogP contribution in [0.2, 0.25) is 0 Å². The van der Waals surface area contributed by atoms with Gasteiger partial charge in [-0.15, -0.1) is 0 Å². The molecule has 0 aromatic heterocycles. The average Bonchev–Trinajstić information content (AvgIpc) is 2.50. The van der Waals surface area contributed by atoms with Crippen LogP contribution in [0.15, 0.2) is 24.3 Å². The molecule has 8 heteroatoms. The predicted molar refractivity (Wildman–Crippen MR) is 85.5 cm³/mol. The first-order valence-corrected chi connectivity index (χ1v) is 7.51. The molecular weight excluding hydrogens is 320 g/mol. The van der Waals surface area contributed by atoms with Crippen molar-refractivity contribution in [2.45, 2.75) is 45.4 Å². The molecule has 0 aliphatic carbocycles. The summed E-state index contributed by atoms with van der Waals surface area (Å²) >= 11 is 0. The van der Waals surface area contributed by atoms with E-state index in [1.165, 1.54) is 19.3 Å². The number of aliphatic carboxylic acids is 3. The van der Waals surface area contributed by atoms with Gasteiger partial charge in [0.1, 0.15) is 0 Å². The van der Waals surface area contributed by atoms with Crippen molar-refractivity contribution in [2.24, 2.45) is 0 Å². The molecule has 24 heavy (non-hydrogen) atoms. The summed E-state index contributed by atoms with van der Waals surface area (Å²) in [6, 6.07) is 0. The number of unbranched alkanes of at least 4 members (excludes halogenated alkanes) is 5. The molecule has 0 fully saturated rings. The van der Waals surface area contributed by atoms with Crippen LogP contribution in [0.1, 0.15) is 45.4 Å². The van der Waals surface area contributed by atoms with E-state index in [1.54, 1.807) is 0 Å². The van der Waals surface area contributed by atoms with Crippen molar-refractivity contribution in [2.75, 3.05) is 6.61 Å². The zero-order valence-corrected chi connectivity index (χ0v) is 13.6. The summed E-state index contributed by atoms with van der Waals surface area (Å²) in [6.07, 6.45) is 9.58. The lowest BCUT2D eigenvalue weighted by Gasteiger charge is -2.01. The lowest BCUT2D eigenvalue weighted by molar-refractivity contribution is -0.138. The Bertz CT molecular complexity index is 435. The largest absolute Gasteiger partial charge is 0.478 e. The second-order valence-corrected chi connectivity index (χ2v) is 4.62. The number of esters is 1. The lowest BCUT2D eigenvalue weighted by Crippen LogP contribution is -2.03. The Balaban J connectivity index is 0. The summed E-state index contributed by atoms with van der Waals surface area (Å²) in [5.41, 5.74) is 0. The predicted octanol–water partition coefficient (Wildman–Crippen LogP) is 2.24. The molecular formula is C16H24O8. The van der Waals surface area contributed by atoms with Gasteiger partial charge in [0.25, 0.3) is 0 Å². The van der Waals surface area contributed by atoms with Crippen LogP contribution in [0.25, 0.3) is 0 Å². The molecule has 0 unspecified atom stereocenters. The molecule has 3 N–H and O–H groups in total. The summed E-state index contributed by atoms with van der Waals surface area (Å²) in [5, 5.41) is 23.9. The van der Waals surface area contributed by atoms with Gasteiger partial charge in [0.05, 0.1) is 6.61 Å². The molecule has 0 heterocycles. The Labute approximate surface area is 140 Å². The highest BCUT2D eigenvalue weighted by molar-refractivity contribution is 5.90. The molecule has 136 valence electrons. The van der Waals surface area contributed by atoms with Crippen molar-refractivity contribution in [3.05, 3.63) is 24.3 Å². The van der Waals surface area contributed by atoms with Crippen LogP contribution < -0.4 is 0 Å². The molecule has 0 amide bonds. The van der Waals surface area contributed by atoms with Gasteiger partial charge in [-0.1, -0.05) is 39.0 Å². The van der Waals surface area contributed by atoms with Crippen molar-refractivity contribution < 1.29 is 39.2 Å². The summed E-state index contributed by atoms with van der Waals surface area (Å²) in [7, 11) is 0. The number of carboxylic acids is 3. The minimum atomic E-state index is -1.26. The number of hydrogen-bond acceptors (Lipinski definition) is 5. The fraction of sp³-hybridized carbons (Fsp3) is 0.500. The highest BCUT2D eigenvalue weighted by atomic mass is 16.5. The number of carboxylic acid groups (broad SMARTS) is 3. The average molecular weight is 344 g/mol. The third-order valence-corrected chi connectivity index (χ3v) is 2.47. The van der Waals surface area contributed by atoms with Crippen LogP contribution in [-0.2, 0) is 23.9 Å². The molecule has 0 aromatic carbocycles. The minimum absolute atomic E-state index is 0.370. The SMILES string of the molecule is CCCCCCCCOC(=O)/C=C\C(=O)O.O=C(O)/C=C/C(=O)O. The Hall–Kier alpha value is -2.64. The molecule has 0 saturated heterocycles. The Morgan fingerprint density at radius 2 is 1.12 bits per heavy atom. The van der Waals surface area contributed by atoms with E-state index in [9.17, 15) is 19.2 Å². The highest BCUT2D eigenvalue weighted by Crippen LogP contribution is 2.04. The lowest BCUT2D eigenvalue weighted by atomic mass is 10.1. The standard InChI is InChI=1S/C12H20O4.C4H4O4/c1-2-3-4-5-6-7-10-16-12(15)9-8-11(13)14;5-3(6)1-2-4(7)8/h8-9H,2-7,10H2,1H3,(H,13,14);1-2H,(H,5,6)(H,7,8)/b9-8-;2-1+. The number of rotatable bonds is 11. The monoisotopic (exact) mass is 344 g/mol. The quantitative estimate of drug-likeness (QED) is 0.295. The number of carbonyl (C=O) groups is 4. The molecule has 0 aromatic rings. The zero-order chi connectivity index (χ0) is 18.8. The van der Waals surface area contributed by atoms with Crippen LogP contribution in [-0.4, -0.2) is 45.8 Å². The third kappa shape index (κ3) is 24.4. The van der Waals surface area contributed by atoms with E-state index in [0.29, 0.717) is 18.8 Å². The number of carbonyl (C=O) groups excluding carboxylic acids is 1. The summed E-state index contributed by atoms with van der Waals surface area (Å²) in [6.45, 7) is 2.53. The first-order chi connectivity index (χ1) is 11.3. The Morgan fingerprint density at radius 3 is 1.58 bits per heavy atom. The van der Waals surface area contributed by atoms with Gasteiger partial charge in [-0.3, -0.25) is 0 Å². The van der Waals surface area contributed by atoms with Crippen LogP contribution in [0, 0.1) is 0 Å². The fourth-order valence-corrected chi connectivity index (χ4v) is 1.39. The Kier molecular flexibility index (Phi) is 16.5. The second-order valence-electron chi connectivity index (χ2n) is 4.62. The fourth-order valence-electron chi connectivity index (χ4n) is 1.39. The molecule has 0 radical (unpaired) electrons. The van der Waals surface area contributed by atoms with E-state index in [2.05, 4.69) is 6.92 Å². The molecule has 0 rings (SSSR count). The first kappa shape index (κ1) is 23.6. The summed E-state index contributed by atoms with van der Waals surface area (Å²) in [5.74, 6) is -4.24. The molecule has 0 atom stereocenters. The van der Waals surface area contributed by atoms with Crippen molar-refractivity contribution in [1.82, 2.24) is 0 Å². The van der Waals surface area contributed by atoms with Crippen LogP contribution in [0.5, 0.6) is 0 Å². The topological polar surface area (TPSA) is 138 Å². The van der Waals surface area contributed by atoms with Gasteiger partial charge < -0.3 is 20.1 Å². The summed E-state index contributed by atoms with van der Waals surface area (Å²) in [4.78, 5) is 40.1. The van der Waals surface area contributed by atoms with Gasteiger partial charge in [0, 0.05) is 24.3 Å². The zero-order valence-electron chi connectivity index (χ0n) is 13.6. The van der Waals surface area contributed by atoms with E-state index in [-0.39, 0.29) is 0 Å². The van der Waals surface area contributed by atoms with E-state index in [4.69, 9.17) is 20.1 Å². The van der Waals surface area contributed by atoms with Crippen molar-refractivity contribution in [1.29, 1.82) is 0 Å². The van der Waals surface area contributed by atoms with E-state index in [1.807, 2.05) is 0 Å². The maximum Gasteiger partial charge on any atom is 0.331 e. The number of ether oxygens (including phenoxy) is 1. The molecule has 0 bridgehead atoms. The van der Waals surface area contributed by atoms with Gasteiger partial charge in [0.15, 0.2) is 0 Å². The van der Waals surface area contributed by atoms with Crippen LogP contribution in [0.3, 0.4) is 0 Å². The normalized spacial score (nSPS) is 10.2. The molecule has 0 saturated carbocycles. The number of hydrogen-bond donors (Lipinski definition) is 3. The maximum atomic E-state index is 10.9. The van der Waals surface area contributed by atoms with Gasteiger partial charge in [-0.05, 0) is 6.42 Å². The van der Waals surface area contributed by atoms with Crippen molar-refractivity contribution >= 4 is 23.9 Å². The van der Waals surface area contributed by atoms with E-state index >= 15 is 0 Å². The second kappa shape index (κ2) is 16.7. The van der Waals surface area contributed by atoms with Crippen LogP contribution in [0.4, 0.5) is 0 Å². The van der Waals surface area contributed by atoms with E-state index in [0.717, 1.165) is 31.4 Å². The maximum absolute atomic E-state index is 10.9. The summed E-state index contributed by atoms with van der Waals surface area (Å²) < 4.78 is 4.81. The van der Waals surface area contributed by atoms with Crippen LogP contribution >= 0.6 is 0 Å². The molecule has 8 nitrogen and oxygen atoms in total. The third-order valence-electron chi connectivity index (χ3n) is 2.47. The molecule has 0 aliphatic heterocycles. The first-order valence-electron chi connectivity index (χ1n) is 7.51. The van der Waals surface area contributed by atoms with Crippen molar-refractivity contribution in [3.8, 4) is 0 Å².